The van der Waals surface area contributed by atoms with Crippen LogP contribution in [0.25, 0.3) is 22.5 Å². The van der Waals surface area contributed by atoms with Crippen molar-refractivity contribution in [1.82, 2.24) is 35.3 Å². The molecule has 26 heavy (non-hydrogen) atoms. The second-order valence-electron chi connectivity index (χ2n) is 6.01. The summed E-state index contributed by atoms with van der Waals surface area (Å²) in [5.74, 6) is 0.633. The Morgan fingerprint density at radius 2 is 1.81 bits per heavy atom. The number of anilines is 1. The minimum atomic E-state index is 0. The van der Waals surface area contributed by atoms with Crippen LogP contribution in [0.15, 0.2) is 30.9 Å². The van der Waals surface area contributed by atoms with Crippen LogP contribution in [0.5, 0.6) is 5.75 Å². The molecule has 0 aromatic carbocycles. The van der Waals surface area contributed by atoms with Crippen molar-refractivity contribution in [2.75, 3.05) is 38.1 Å². The highest BCUT2D eigenvalue weighted by atomic mass is 35.5. The molecule has 3 aromatic heterocycles. The van der Waals surface area contributed by atoms with E-state index in [9.17, 15) is 5.11 Å². The van der Waals surface area contributed by atoms with Crippen LogP contribution in [0.2, 0.25) is 0 Å². The van der Waals surface area contributed by atoms with Crippen LogP contribution in [0.1, 0.15) is 0 Å². The first-order valence-corrected chi connectivity index (χ1v) is 8.02. The summed E-state index contributed by atoms with van der Waals surface area (Å²) < 4.78 is 0. The smallest absolute Gasteiger partial charge is 0.245 e. The molecule has 10 heteroatoms. The van der Waals surface area contributed by atoms with Crippen LogP contribution in [-0.4, -0.2) is 73.6 Å². The number of aromatic nitrogens is 6. The Hall–Kier alpha value is -2.78. The second kappa shape index (κ2) is 7.63. The molecule has 0 saturated carbocycles. The third kappa shape index (κ3) is 3.58. The van der Waals surface area contributed by atoms with Crippen molar-refractivity contribution in [1.29, 1.82) is 0 Å². The lowest BCUT2D eigenvalue weighted by molar-refractivity contribution is 0.311. The molecule has 1 saturated heterocycles. The highest BCUT2D eigenvalue weighted by Crippen LogP contribution is 2.29. The molecule has 0 unspecified atom stereocenters. The van der Waals surface area contributed by atoms with Gasteiger partial charge in [-0.05, 0) is 13.1 Å². The predicted molar refractivity (Wildman–Crippen MR) is 99.3 cm³/mol. The number of H-pyrrole nitrogens is 1. The molecule has 0 spiro atoms. The number of hydrogen-bond acceptors (Lipinski definition) is 8. The number of nitrogens with zero attached hydrogens (tertiary/aromatic N) is 7. The fourth-order valence-corrected chi connectivity index (χ4v) is 2.75. The lowest BCUT2D eigenvalue weighted by Crippen LogP contribution is -2.45. The van der Waals surface area contributed by atoms with Gasteiger partial charge in [0.1, 0.15) is 17.1 Å². The average molecular weight is 375 g/mol. The zero-order valence-electron chi connectivity index (χ0n) is 14.2. The minimum Gasteiger partial charge on any atom is -0.506 e. The van der Waals surface area contributed by atoms with Gasteiger partial charge in [-0.3, -0.25) is 5.10 Å². The number of nitrogens with one attached hydrogen (secondary N) is 1. The van der Waals surface area contributed by atoms with E-state index in [0.29, 0.717) is 17.3 Å². The Kier molecular flexibility index (Phi) is 5.29. The number of aromatic hydroxyl groups is 1. The van der Waals surface area contributed by atoms with Crippen molar-refractivity contribution >= 4 is 18.4 Å². The van der Waals surface area contributed by atoms with E-state index < -0.39 is 0 Å². The summed E-state index contributed by atoms with van der Waals surface area (Å²) in [6.07, 6.45) is 6.67. The van der Waals surface area contributed by atoms with Crippen molar-refractivity contribution < 1.29 is 5.11 Å². The third-order valence-electron chi connectivity index (χ3n) is 4.28. The Labute approximate surface area is 156 Å². The highest BCUT2D eigenvalue weighted by molar-refractivity contribution is 5.85. The van der Waals surface area contributed by atoms with E-state index in [0.717, 1.165) is 37.3 Å². The molecule has 0 bridgehead atoms. The number of likely N-dealkylation sites (N-methyl/N-ethyl adjacent to an activating group) is 1. The molecular weight excluding hydrogens is 356 g/mol. The number of hydrogen-bond donors (Lipinski definition) is 2. The van der Waals surface area contributed by atoms with E-state index in [1.807, 2.05) is 0 Å². The number of pyridine rings is 1. The topological polar surface area (TPSA) is 107 Å². The van der Waals surface area contributed by atoms with Crippen molar-refractivity contribution in [3.8, 4) is 28.3 Å². The predicted octanol–water partition coefficient (Wildman–Crippen LogP) is 1.20. The lowest BCUT2D eigenvalue weighted by atomic mass is 10.1. The maximum absolute atomic E-state index is 10.3. The van der Waals surface area contributed by atoms with Crippen LogP contribution in [0.4, 0.5) is 5.95 Å². The summed E-state index contributed by atoms with van der Waals surface area (Å²) >= 11 is 0. The van der Waals surface area contributed by atoms with Gasteiger partial charge in [0.15, 0.2) is 0 Å². The van der Waals surface area contributed by atoms with Gasteiger partial charge in [0, 0.05) is 49.7 Å². The zero-order valence-corrected chi connectivity index (χ0v) is 15.0. The zero-order chi connectivity index (χ0) is 17.2. The average Bonchev–Trinajstić information content (AvgIpc) is 3.17. The summed E-state index contributed by atoms with van der Waals surface area (Å²) in [7, 11) is 2.10. The fourth-order valence-electron chi connectivity index (χ4n) is 2.75. The standard InChI is InChI=1S/C16H18N8O.ClH/c1-23-2-4-24(5-3-23)16-18-10-13(21-22-16)15-14(25)6-11(7-17-15)12-8-19-20-9-12;/h6-10,25H,2-5H2,1H3,(H,19,20);1H. The van der Waals surface area contributed by atoms with Gasteiger partial charge in [-0.2, -0.15) is 5.10 Å². The molecule has 0 atom stereocenters. The number of piperazine rings is 1. The Morgan fingerprint density at radius 3 is 2.42 bits per heavy atom. The summed E-state index contributed by atoms with van der Waals surface area (Å²) in [6, 6.07) is 1.63. The van der Waals surface area contributed by atoms with Gasteiger partial charge in [0.05, 0.1) is 12.4 Å². The molecular formula is C16H19ClN8O. The molecule has 1 fully saturated rings. The molecule has 4 rings (SSSR count). The number of aromatic amines is 1. The first kappa shape index (κ1) is 18.0. The summed E-state index contributed by atoms with van der Waals surface area (Å²) in [6.45, 7) is 3.70. The van der Waals surface area contributed by atoms with E-state index >= 15 is 0 Å². The molecule has 0 radical (unpaired) electrons. The third-order valence-corrected chi connectivity index (χ3v) is 4.28. The van der Waals surface area contributed by atoms with Gasteiger partial charge in [-0.15, -0.1) is 22.6 Å². The Morgan fingerprint density at radius 1 is 1.00 bits per heavy atom. The molecule has 1 aliphatic heterocycles. The molecule has 136 valence electrons. The number of halogens is 1. The van der Waals surface area contributed by atoms with Crippen LogP contribution >= 0.6 is 12.4 Å². The van der Waals surface area contributed by atoms with Gasteiger partial charge < -0.3 is 14.9 Å². The van der Waals surface area contributed by atoms with Crippen LogP contribution in [0, 0.1) is 0 Å². The van der Waals surface area contributed by atoms with E-state index in [4.69, 9.17) is 0 Å². The molecule has 1 aliphatic rings. The van der Waals surface area contributed by atoms with Gasteiger partial charge in [0.2, 0.25) is 5.95 Å². The van der Waals surface area contributed by atoms with Crippen LogP contribution < -0.4 is 4.90 Å². The molecule has 4 heterocycles. The SMILES string of the molecule is CN1CCN(c2ncc(-c3ncc(-c4cn[nH]c4)cc3O)nn2)CC1.Cl. The lowest BCUT2D eigenvalue weighted by Gasteiger charge is -2.31. The Balaban J connectivity index is 0.00000196. The maximum atomic E-state index is 10.3. The molecule has 9 nitrogen and oxygen atoms in total. The largest absolute Gasteiger partial charge is 0.506 e. The van der Waals surface area contributed by atoms with Gasteiger partial charge in [0.25, 0.3) is 0 Å². The van der Waals surface area contributed by atoms with Gasteiger partial charge in [-0.1, -0.05) is 0 Å². The van der Waals surface area contributed by atoms with Crippen molar-refractivity contribution in [2.24, 2.45) is 0 Å². The van der Waals surface area contributed by atoms with Gasteiger partial charge in [-0.25, -0.2) is 9.97 Å². The van der Waals surface area contributed by atoms with Gasteiger partial charge >= 0.3 is 0 Å². The van der Waals surface area contributed by atoms with Crippen molar-refractivity contribution in [3.05, 3.63) is 30.9 Å². The molecule has 3 aromatic rings. The quantitative estimate of drug-likeness (QED) is 0.704. The fraction of sp³-hybridized carbons (Fsp3) is 0.312. The maximum Gasteiger partial charge on any atom is 0.245 e. The summed E-state index contributed by atoms with van der Waals surface area (Å²) in [5.41, 5.74) is 2.42. The Bertz CT molecular complexity index is 847. The van der Waals surface area contributed by atoms with E-state index in [1.54, 1.807) is 30.9 Å². The second-order valence-corrected chi connectivity index (χ2v) is 6.01. The molecule has 0 amide bonds. The molecule has 2 N–H and O–H groups in total. The van der Waals surface area contributed by atoms with Crippen molar-refractivity contribution in [3.63, 3.8) is 0 Å². The summed E-state index contributed by atoms with van der Waals surface area (Å²) in [5, 5.41) is 25.3. The number of rotatable bonds is 3. The summed E-state index contributed by atoms with van der Waals surface area (Å²) in [4.78, 5) is 13.1. The monoisotopic (exact) mass is 374 g/mol. The van der Waals surface area contributed by atoms with Crippen molar-refractivity contribution in [2.45, 2.75) is 0 Å². The van der Waals surface area contributed by atoms with E-state index in [1.165, 1.54) is 0 Å². The van der Waals surface area contributed by atoms with Crippen LogP contribution in [0.3, 0.4) is 0 Å². The normalized spacial score (nSPS) is 14.9. The van der Waals surface area contributed by atoms with Crippen LogP contribution in [-0.2, 0) is 0 Å². The molecule has 0 aliphatic carbocycles. The first-order valence-electron chi connectivity index (χ1n) is 8.02. The van der Waals surface area contributed by atoms with E-state index in [2.05, 4.69) is 47.2 Å². The minimum absolute atomic E-state index is 0. The highest BCUT2D eigenvalue weighted by Gasteiger charge is 2.18. The van der Waals surface area contributed by atoms with E-state index in [-0.39, 0.29) is 18.2 Å². The first-order chi connectivity index (χ1) is 12.2.